The first-order valence-corrected chi connectivity index (χ1v) is 5.84. The highest BCUT2D eigenvalue weighted by Gasteiger charge is 2.15. The zero-order chi connectivity index (χ0) is 11.5. The van der Waals surface area contributed by atoms with Crippen molar-refractivity contribution < 1.29 is 9.53 Å². The van der Waals surface area contributed by atoms with Crippen LogP contribution in [0, 0.1) is 6.92 Å². The van der Waals surface area contributed by atoms with Gasteiger partial charge in [-0.3, -0.25) is 0 Å². The molecule has 16 heavy (non-hydrogen) atoms. The zero-order valence-electron chi connectivity index (χ0n) is 9.19. The molecule has 82 valence electrons. The lowest BCUT2D eigenvalue weighted by Gasteiger charge is -2.01. The van der Waals surface area contributed by atoms with Crippen LogP contribution in [0.5, 0.6) is 0 Å². The highest BCUT2D eigenvalue weighted by atomic mass is 32.1. The number of rotatable bonds is 2. The van der Waals surface area contributed by atoms with E-state index in [2.05, 4.69) is 0 Å². The van der Waals surface area contributed by atoms with Crippen molar-refractivity contribution in [3.8, 4) is 10.4 Å². The third-order valence-corrected chi connectivity index (χ3v) is 3.61. The summed E-state index contributed by atoms with van der Waals surface area (Å²) in [5.74, 6) is -0.268. The van der Waals surface area contributed by atoms with E-state index >= 15 is 0 Å². The molecule has 0 aliphatic heterocycles. The molecule has 2 rings (SSSR count). The normalized spacial score (nSPS) is 10.1. The quantitative estimate of drug-likeness (QED) is 0.741. The Morgan fingerprint density at radius 3 is 2.56 bits per heavy atom. The highest BCUT2D eigenvalue weighted by molar-refractivity contribution is 7.14. The van der Waals surface area contributed by atoms with Crippen LogP contribution in [-0.2, 0) is 4.74 Å². The third kappa shape index (κ3) is 1.86. The van der Waals surface area contributed by atoms with Crippen LogP contribution in [0.1, 0.15) is 15.9 Å². The SMILES string of the molecule is COC(=O)c1csc(-c2ccccc2)c1C. The van der Waals surface area contributed by atoms with Crippen LogP contribution in [0.15, 0.2) is 35.7 Å². The van der Waals surface area contributed by atoms with Gasteiger partial charge in [-0.25, -0.2) is 4.79 Å². The maximum Gasteiger partial charge on any atom is 0.338 e. The predicted octanol–water partition coefficient (Wildman–Crippen LogP) is 3.51. The maximum absolute atomic E-state index is 11.5. The molecule has 1 heterocycles. The van der Waals surface area contributed by atoms with Crippen LogP contribution in [-0.4, -0.2) is 13.1 Å². The fourth-order valence-corrected chi connectivity index (χ4v) is 2.67. The maximum atomic E-state index is 11.5. The van der Waals surface area contributed by atoms with E-state index in [4.69, 9.17) is 4.74 Å². The molecule has 0 fully saturated rings. The Labute approximate surface area is 98.5 Å². The topological polar surface area (TPSA) is 26.3 Å². The van der Waals surface area contributed by atoms with Gasteiger partial charge in [0.2, 0.25) is 0 Å². The summed E-state index contributed by atoms with van der Waals surface area (Å²) in [4.78, 5) is 12.6. The highest BCUT2D eigenvalue weighted by Crippen LogP contribution is 2.32. The number of hydrogen-bond donors (Lipinski definition) is 0. The molecule has 0 amide bonds. The lowest BCUT2D eigenvalue weighted by Crippen LogP contribution is -2.01. The van der Waals surface area contributed by atoms with Gasteiger partial charge in [-0.1, -0.05) is 30.3 Å². The van der Waals surface area contributed by atoms with Crippen molar-refractivity contribution in [1.29, 1.82) is 0 Å². The number of hydrogen-bond acceptors (Lipinski definition) is 3. The first-order chi connectivity index (χ1) is 7.74. The third-order valence-electron chi connectivity index (χ3n) is 2.48. The van der Waals surface area contributed by atoms with Gasteiger partial charge in [0.25, 0.3) is 0 Å². The van der Waals surface area contributed by atoms with Crippen LogP contribution >= 0.6 is 11.3 Å². The molecular formula is C13H12O2S. The summed E-state index contributed by atoms with van der Waals surface area (Å²) in [6.07, 6.45) is 0. The van der Waals surface area contributed by atoms with Gasteiger partial charge in [0.1, 0.15) is 0 Å². The molecule has 0 N–H and O–H groups in total. The number of methoxy groups -OCH3 is 1. The van der Waals surface area contributed by atoms with E-state index in [0.717, 1.165) is 16.0 Å². The Balaban J connectivity index is 2.45. The minimum atomic E-state index is -0.268. The van der Waals surface area contributed by atoms with Crippen LogP contribution < -0.4 is 0 Å². The summed E-state index contributed by atoms with van der Waals surface area (Å²) < 4.78 is 4.73. The van der Waals surface area contributed by atoms with E-state index < -0.39 is 0 Å². The number of carbonyl (C=O) groups is 1. The number of ether oxygens (including phenoxy) is 1. The molecule has 0 saturated heterocycles. The zero-order valence-corrected chi connectivity index (χ0v) is 10.0. The smallest absolute Gasteiger partial charge is 0.338 e. The minimum absolute atomic E-state index is 0.268. The molecule has 2 aromatic rings. The fourth-order valence-electron chi connectivity index (χ4n) is 1.60. The van der Waals surface area contributed by atoms with Crippen molar-refractivity contribution in [2.75, 3.05) is 7.11 Å². The van der Waals surface area contributed by atoms with Gasteiger partial charge in [0, 0.05) is 10.3 Å². The Morgan fingerprint density at radius 1 is 1.25 bits per heavy atom. The lowest BCUT2D eigenvalue weighted by molar-refractivity contribution is 0.0600. The van der Waals surface area contributed by atoms with Gasteiger partial charge in [0.05, 0.1) is 12.7 Å². The van der Waals surface area contributed by atoms with Gasteiger partial charge in [0.15, 0.2) is 0 Å². The summed E-state index contributed by atoms with van der Waals surface area (Å²) >= 11 is 1.57. The number of esters is 1. The van der Waals surface area contributed by atoms with Gasteiger partial charge in [-0.2, -0.15) is 0 Å². The van der Waals surface area contributed by atoms with Gasteiger partial charge < -0.3 is 4.74 Å². The monoisotopic (exact) mass is 232 g/mol. The molecule has 0 aliphatic rings. The summed E-state index contributed by atoms with van der Waals surface area (Å²) in [7, 11) is 1.40. The Hall–Kier alpha value is -1.61. The summed E-state index contributed by atoms with van der Waals surface area (Å²) in [5, 5.41) is 1.85. The molecule has 0 unspecified atom stereocenters. The largest absolute Gasteiger partial charge is 0.465 e. The first kappa shape index (κ1) is 10.9. The molecule has 0 atom stereocenters. The van der Waals surface area contributed by atoms with E-state index in [0.29, 0.717) is 5.56 Å². The summed E-state index contributed by atoms with van der Waals surface area (Å²) in [6.45, 7) is 1.95. The molecule has 2 nitrogen and oxygen atoms in total. The summed E-state index contributed by atoms with van der Waals surface area (Å²) in [5.41, 5.74) is 2.79. The van der Waals surface area contributed by atoms with Crippen LogP contribution in [0.2, 0.25) is 0 Å². The average molecular weight is 232 g/mol. The molecule has 1 aromatic heterocycles. The standard InChI is InChI=1S/C13H12O2S/c1-9-11(13(14)15-2)8-16-12(9)10-6-4-3-5-7-10/h3-8H,1-2H3. The van der Waals surface area contributed by atoms with E-state index in [9.17, 15) is 4.79 Å². The molecule has 0 radical (unpaired) electrons. The Morgan fingerprint density at radius 2 is 1.94 bits per heavy atom. The van der Waals surface area contributed by atoms with Crippen molar-refractivity contribution in [1.82, 2.24) is 0 Å². The fraction of sp³-hybridized carbons (Fsp3) is 0.154. The second kappa shape index (κ2) is 4.49. The summed E-state index contributed by atoms with van der Waals surface area (Å²) in [6, 6.07) is 10.0. The molecule has 0 aliphatic carbocycles. The van der Waals surface area contributed by atoms with Crippen molar-refractivity contribution in [3.05, 3.63) is 46.8 Å². The second-order valence-electron chi connectivity index (χ2n) is 3.46. The van der Waals surface area contributed by atoms with Gasteiger partial charge >= 0.3 is 5.97 Å². The number of carbonyl (C=O) groups excluding carboxylic acids is 1. The van der Waals surface area contributed by atoms with E-state index in [-0.39, 0.29) is 5.97 Å². The van der Waals surface area contributed by atoms with E-state index in [1.54, 1.807) is 11.3 Å². The number of benzene rings is 1. The minimum Gasteiger partial charge on any atom is -0.465 e. The van der Waals surface area contributed by atoms with Gasteiger partial charge in [-0.15, -0.1) is 11.3 Å². The Kier molecular flexibility index (Phi) is 3.06. The predicted molar refractivity (Wildman–Crippen MR) is 65.8 cm³/mol. The van der Waals surface area contributed by atoms with Crippen LogP contribution in [0.25, 0.3) is 10.4 Å². The van der Waals surface area contributed by atoms with Gasteiger partial charge in [-0.05, 0) is 18.1 Å². The van der Waals surface area contributed by atoms with E-state index in [1.165, 1.54) is 7.11 Å². The lowest BCUT2D eigenvalue weighted by atomic mass is 10.1. The number of thiophene rings is 1. The van der Waals surface area contributed by atoms with Crippen LogP contribution in [0.4, 0.5) is 0 Å². The molecule has 0 bridgehead atoms. The average Bonchev–Trinajstić information content (AvgIpc) is 2.71. The molecule has 3 heteroatoms. The van der Waals surface area contributed by atoms with Crippen LogP contribution in [0.3, 0.4) is 0 Å². The first-order valence-electron chi connectivity index (χ1n) is 4.96. The molecule has 0 saturated carbocycles. The molecule has 1 aromatic carbocycles. The van der Waals surface area contributed by atoms with E-state index in [1.807, 2.05) is 42.6 Å². The van der Waals surface area contributed by atoms with Crippen molar-refractivity contribution in [3.63, 3.8) is 0 Å². The van der Waals surface area contributed by atoms with Crippen molar-refractivity contribution in [2.45, 2.75) is 6.92 Å². The molecular weight excluding hydrogens is 220 g/mol. The Bertz CT molecular complexity index is 500. The van der Waals surface area contributed by atoms with Crippen molar-refractivity contribution in [2.24, 2.45) is 0 Å². The molecule has 0 spiro atoms. The van der Waals surface area contributed by atoms with Crippen molar-refractivity contribution >= 4 is 17.3 Å². The second-order valence-corrected chi connectivity index (χ2v) is 4.34.